The molecule has 0 N–H and O–H groups in total. The van der Waals surface area contributed by atoms with Crippen molar-refractivity contribution >= 4 is 11.0 Å². The van der Waals surface area contributed by atoms with Crippen molar-refractivity contribution in [2.75, 3.05) is 0 Å². The first-order valence-electron chi connectivity index (χ1n) is 14.9. The Morgan fingerprint density at radius 3 is 1.62 bits per heavy atom. The first-order chi connectivity index (χ1) is 19.2. The first kappa shape index (κ1) is 30.9. The van der Waals surface area contributed by atoms with Gasteiger partial charge in [0.25, 0.3) is 5.82 Å². The third-order valence-electron chi connectivity index (χ3n) is 7.48. The quantitative estimate of drug-likeness (QED) is 0.203. The van der Waals surface area contributed by atoms with E-state index in [1.54, 1.807) is 0 Å². The Balaban J connectivity index is 0.00000106. The maximum atomic E-state index is 2.34. The van der Waals surface area contributed by atoms with Crippen molar-refractivity contribution in [2.45, 2.75) is 73.6 Å². The van der Waals surface area contributed by atoms with Gasteiger partial charge in [0.1, 0.15) is 0 Å². The average molecular weight is 534 g/mol. The molecule has 0 atom stereocenters. The van der Waals surface area contributed by atoms with Crippen LogP contribution in [-0.4, -0.2) is 4.57 Å². The van der Waals surface area contributed by atoms with Crippen molar-refractivity contribution in [2.24, 2.45) is 14.1 Å². The van der Waals surface area contributed by atoms with Gasteiger partial charge in [-0.3, -0.25) is 0 Å². The summed E-state index contributed by atoms with van der Waals surface area (Å²) in [5.74, 6) is 1.72. The zero-order chi connectivity index (χ0) is 29.6. The van der Waals surface area contributed by atoms with E-state index in [4.69, 9.17) is 0 Å². The van der Waals surface area contributed by atoms with Crippen LogP contribution in [0.25, 0.3) is 44.7 Å². The predicted octanol–water partition coefficient (Wildman–Crippen LogP) is 10.5. The molecule has 0 saturated carbocycles. The highest BCUT2D eigenvalue weighted by Crippen LogP contribution is 2.40. The summed E-state index contributed by atoms with van der Waals surface area (Å²) in [6.45, 7) is 19.3. The van der Waals surface area contributed by atoms with E-state index in [0.717, 1.165) is 0 Å². The van der Waals surface area contributed by atoms with Crippen LogP contribution in [-0.2, 0) is 19.5 Å². The molecule has 0 amide bonds. The van der Waals surface area contributed by atoms with E-state index < -0.39 is 0 Å². The van der Waals surface area contributed by atoms with E-state index in [0.29, 0.717) is 5.92 Å². The third-order valence-corrected chi connectivity index (χ3v) is 7.48. The van der Waals surface area contributed by atoms with Gasteiger partial charge in [0.15, 0.2) is 11.0 Å². The van der Waals surface area contributed by atoms with Crippen molar-refractivity contribution in [3.8, 4) is 33.6 Å². The Kier molecular flexibility index (Phi) is 10.1. The minimum absolute atomic E-state index is 0.129. The highest BCUT2D eigenvalue weighted by atomic mass is 15.1. The molecule has 0 aliphatic rings. The number of imidazole rings is 1. The van der Waals surface area contributed by atoms with Gasteiger partial charge in [-0.1, -0.05) is 141 Å². The predicted molar refractivity (Wildman–Crippen MR) is 176 cm³/mol. The molecule has 0 radical (unpaired) electrons. The topological polar surface area (TPSA) is 8.81 Å². The standard InChI is InChI=1S/C34H37N2.2C2H6/c1-23(2)24-15-17-25(18-16-24)28-11-10-12-29(26-19-21-27(22-20-26)34(3,4)5)32(28)33-35(6)30-13-8-9-14-31(30)36(33)7;2*1-2/h8-23H,1-7H3;2*1-2H3/q+1;;. The summed E-state index contributed by atoms with van der Waals surface area (Å²) in [4.78, 5) is 0. The Bertz CT molecular complexity index is 1490. The summed E-state index contributed by atoms with van der Waals surface area (Å²) < 4.78 is 4.67. The monoisotopic (exact) mass is 533 g/mol. The van der Waals surface area contributed by atoms with E-state index in [9.17, 15) is 0 Å². The number of nitrogens with zero attached hydrogens (tertiary/aromatic N) is 2. The largest absolute Gasteiger partial charge is 0.290 e. The molecule has 0 bridgehead atoms. The van der Waals surface area contributed by atoms with E-state index in [2.05, 4.69) is 149 Å². The highest BCUT2D eigenvalue weighted by Gasteiger charge is 2.27. The summed E-state index contributed by atoms with van der Waals surface area (Å²) in [6, 6.07) is 33.6. The van der Waals surface area contributed by atoms with Gasteiger partial charge in [0.2, 0.25) is 0 Å². The van der Waals surface area contributed by atoms with E-state index in [1.165, 1.54) is 55.8 Å². The molecule has 2 heteroatoms. The molecule has 5 aromatic rings. The first-order valence-corrected chi connectivity index (χ1v) is 14.9. The molecule has 40 heavy (non-hydrogen) atoms. The second-order valence-corrected chi connectivity index (χ2v) is 11.3. The van der Waals surface area contributed by atoms with Gasteiger partial charge in [-0.25, -0.2) is 9.13 Å². The second kappa shape index (κ2) is 13.1. The van der Waals surface area contributed by atoms with Crippen LogP contribution in [0.4, 0.5) is 0 Å². The normalized spacial score (nSPS) is 11.1. The van der Waals surface area contributed by atoms with Crippen molar-refractivity contribution in [3.05, 3.63) is 102 Å². The van der Waals surface area contributed by atoms with Gasteiger partial charge in [0, 0.05) is 0 Å². The fourth-order valence-electron chi connectivity index (χ4n) is 5.29. The van der Waals surface area contributed by atoms with Gasteiger partial charge in [0.05, 0.1) is 19.7 Å². The number of aromatic nitrogens is 2. The second-order valence-electron chi connectivity index (χ2n) is 11.3. The smallest absolute Gasteiger partial charge is 0.226 e. The summed E-state index contributed by atoms with van der Waals surface area (Å²) >= 11 is 0. The number of fused-ring (bicyclic) bond motifs is 1. The van der Waals surface area contributed by atoms with Gasteiger partial charge in [-0.2, -0.15) is 0 Å². The molecular weight excluding hydrogens is 484 g/mol. The lowest BCUT2D eigenvalue weighted by Gasteiger charge is -2.20. The number of para-hydroxylation sites is 2. The van der Waals surface area contributed by atoms with Crippen LogP contribution in [0.5, 0.6) is 0 Å². The molecule has 1 aromatic heterocycles. The molecule has 210 valence electrons. The van der Waals surface area contributed by atoms with Crippen LogP contribution in [0.2, 0.25) is 0 Å². The molecular formula is C38H49N2+. The summed E-state index contributed by atoms with van der Waals surface area (Å²) in [5.41, 5.74) is 11.6. The van der Waals surface area contributed by atoms with Crippen molar-refractivity contribution < 1.29 is 4.57 Å². The molecule has 0 aliphatic heterocycles. The van der Waals surface area contributed by atoms with Crippen molar-refractivity contribution in [3.63, 3.8) is 0 Å². The van der Waals surface area contributed by atoms with Gasteiger partial charge in [-0.15, -0.1) is 0 Å². The molecule has 0 aliphatic carbocycles. The van der Waals surface area contributed by atoms with Crippen molar-refractivity contribution in [1.82, 2.24) is 4.57 Å². The Labute approximate surface area is 243 Å². The Morgan fingerprint density at radius 1 is 0.650 bits per heavy atom. The summed E-state index contributed by atoms with van der Waals surface area (Å²) in [5, 5.41) is 0. The van der Waals surface area contributed by atoms with Crippen LogP contribution >= 0.6 is 0 Å². The lowest BCUT2D eigenvalue weighted by Crippen LogP contribution is -2.30. The van der Waals surface area contributed by atoms with E-state index in [1.807, 2.05) is 27.7 Å². The Hall–Kier alpha value is -3.65. The van der Waals surface area contributed by atoms with Gasteiger partial charge < -0.3 is 0 Å². The maximum Gasteiger partial charge on any atom is 0.290 e. The lowest BCUT2D eigenvalue weighted by atomic mass is 9.85. The fraction of sp³-hybridized carbons (Fsp3) is 0.342. The number of hydrogen-bond acceptors (Lipinski definition) is 0. The van der Waals surface area contributed by atoms with Crippen LogP contribution in [0, 0.1) is 0 Å². The molecule has 0 saturated heterocycles. The number of benzene rings is 4. The zero-order valence-electron chi connectivity index (χ0n) is 26.6. The number of aryl methyl sites for hydroxylation is 2. The average Bonchev–Trinajstić information content (AvgIpc) is 3.23. The van der Waals surface area contributed by atoms with Crippen molar-refractivity contribution in [1.29, 1.82) is 0 Å². The summed E-state index contributed by atoms with van der Waals surface area (Å²) in [7, 11) is 4.37. The molecule has 5 rings (SSSR count). The highest BCUT2D eigenvalue weighted by molar-refractivity contribution is 5.93. The zero-order valence-corrected chi connectivity index (χ0v) is 26.6. The SMILES string of the molecule is CC.CC.CC(C)c1ccc(-c2cccc(-c3ccc(C(C)(C)C)cc3)c2-c2n(C)c3ccccc3[n+]2C)cc1. The molecule has 2 nitrogen and oxygen atoms in total. The lowest BCUT2D eigenvalue weighted by molar-refractivity contribution is -0.634. The summed E-state index contributed by atoms with van der Waals surface area (Å²) in [6.07, 6.45) is 0. The van der Waals surface area contributed by atoms with Crippen LogP contribution in [0.3, 0.4) is 0 Å². The van der Waals surface area contributed by atoms with Gasteiger partial charge >= 0.3 is 0 Å². The molecule has 1 heterocycles. The fourth-order valence-corrected chi connectivity index (χ4v) is 5.29. The Morgan fingerprint density at radius 2 is 1.15 bits per heavy atom. The van der Waals surface area contributed by atoms with Crippen LogP contribution in [0.15, 0.2) is 91.0 Å². The number of hydrogen-bond donors (Lipinski definition) is 0. The van der Waals surface area contributed by atoms with E-state index in [-0.39, 0.29) is 5.41 Å². The number of rotatable bonds is 4. The van der Waals surface area contributed by atoms with Crippen LogP contribution < -0.4 is 4.57 Å². The van der Waals surface area contributed by atoms with Crippen LogP contribution in [0.1, 0.15) is 79.4 Å². The third kappa shape index (κ3) is 6.07. The molecule has 0 fully saturated rings. The van der Waals surface area contributed by atoms with Gasteiger partial charge in [-0.05, 0) is 56.8 Å². The molecule has 4 aromatic carbocycles. The maximum absolute atomic E-state index is 2.34. The minimum atomic E-state index is 0.129. The molecule has 0 unspecified atom stereocenters. The molecule has 0 spiro atoms. The minimum Gasteiger partial charge on any atom is -0.226 e. The van der Waals surface area contributed by atoms with E-state index >= 15 is 0 Å².